The summed E-state index contributed by atoms with van der Waals surface area (Å²) in [6.45, 7) is 1.75. The number of nitriles is 1. The fourth-order valence-corrected chi connectivity index (χ4v) is 5.54. The van der Waals surface area contributed by atoms with Crippen LogP contribution in [0.4, 0.5) is 10.2 Å². The number of nitrogens with two attached hydrogens (primary N) is 1. The van der Waals surface area contributed by atoms with Gasteiger partial charge in [0.1, 0.15) is 46.8 Å². The average Bonchev–Trinajstić information content (AvgIpc) is 3.65. The quantitative estimate of drug-likeness (QED) is 0.266. The van der Waals surface area contributed by atoms with Crippen molar-refractivity contribution in [3.8, 4) is 28.8 Å². The fourth-order valence-electron chi connectivity index (χ4n) is 5.54. The molecule has 2 unspecified atom stereocenters. The zero-order chi connectivity index (χ0) is 28.3. The molecule has 0 aliphatic carbocycles. The summed E-state index contributed by atoms with van der Waals surface area (Å²) in [7, 11) is 0. The molecule has 4 heterocycles. The fraction of sp³-hybridized carbons (Fsp3) is 0.300. The standard InChI is InChI=1S/C30H29FN8O2/c31-25-15-23(41-22-8-2-1-3-9-22)10-11-24(25)27-26-28(33)35-18-36-29(26)39(37-27)21-7-5-13-38(17-21)30(40)19(16-32)14-20-6-4-12-34-20/h1-3,8-11,14-15,18,20-21,34H,4-7,12-13,17H2,(H2,33,35,36). The van der Waals surface area contributed by atoms with Crippen molar-refractivity contribution in [2.75, 3.05) is 25.4 Å². The van der Waals surface area contributed by atoms with E-state index in [1.165, 1.54) is 12.4 Å². The minimum absolute atomic E-state index is 0.0332. The Morgan fingerprint density at radius 2 is 2.00 bits per heavy atom. The molecule has 0 radical (unpaired) electrons. The van der Waals surface area contributed by atoms with Gasteiger partial charge in [-0.15, -0.1) is 0 Å². The number of likely N-dealkylation sites (tertiary alicyclic amines) is 1. The minimum atomic E-state index is -0.530. The van der Waals surface area contributed by atoms with Crippen LogP contribution in [0.1, 0.15) is 31.7 Å². The maximum absolute atomic E-state index is 15.5. The van der Waals surface area contributed by atoms with Gasteiger partial charge in [-0.3, -0.25) is 4.79 Å². The highest BCUT2D eigenvalue weighted by Crippen LogP contribution is 2.36. The maximum Gasteiger partial charge on any atom is 0.264 e. The van der Waals surface area contributed by atoms with Crippen molar-refractivity contribution in [1.82, 2.24) is 30.0 Å². The highest BCUT2D eigenvalue weighted by molar-refractivity contribution is 5.99. The molecule has 2 aliphatic rings. The third kappa shape index (κ3) is 5.34. The predicted molar refractivity (Wildman–Crippen MR) is 151 cm³/mol. The topological polar surface area (TPSA) is 135 Å². The molecule has 2 aliphatic heterocycles. The number of hydrogen-bond acceptors (Lipinski definition) is 8. The minimum Gasteiger partial charge on any atom is -0.457 e. The molecule has 4 aromatic rings. The molecular weight excluding hydrogens is 523 g/mol. The second-order valence-electron chi connectivity index (χ2n) is 10.2. The first-order chi connectivity index (χ1) is 20.0. The van der Waals surface area contributed by atoms with E-state index < -0.39 is 5.82 Å². The summed E-state index contributed by atoms with van der Waals surface area (Å²) in [5, 5.41) is 18.2. The van der Waals surface area contributed by atoms with Crippen LogP contribution >= 0.6 is 0 Å². The number of nitrogens with one attached hydrogen (secondary N) is 1. The Bertz CT molecular complexity index is 1660. The van der Waals surface area contributed by atoms with Gasteiger partial charge in [0.25, 0.3) is 5.91 Å². The van der Waals surface area contributed by atoms with Gasteiger partial charge in [0, 0.05) is 30.8 Å². The number of amides is 1. The highest BCUT2D eigenvalue weighted by atomic mass is 19.1. The number of anilines is 1. The third-order valence-corrected chi connectivity index (χ3v) is 7.54. The number of fused-ring (bicyclic) bond motifs is 1. The lowest BCUT2D eigenvalue weighted by molar-refractivity contribution is -0.128. The SMILES string of the molecule is N#CC(=CC1CCCN1)C(=O)N1CCCC(n2nc(-c3ccc(Oc4ccccc4)cc3F)c3c(N)ncnc32)C1. The number of ether oxygens (including phenoxy) is 1. The van der Waals surface area contributed by atoms with Crippen LogP contribution in [-0.4, -0.2) is 56.2 Å². The Labute approximate surface area is 236 Å². The van der Waals surface area contributed by atoms with Gasteiger partial charge in [-0.05, 0) is 62.6 Å². The summed E-state index contributed by atoms with van der Waals surface area (Å²) in [4.78, 5) is 23.6. The van der Waals surface area contributed by atoms with Crippen LogP contribution in [0.15, 0.2) is 66.5 Å². The lowest BCUT2D eigenvalue weighted by Gasteiger charge is -2.33. The number of para-hydroxylation sites is 1. The van der Waals surface area contributed by atoms with Crippen molar-refractivity contribution in [2.24, 2.45) is 0 Å². The maximum atomic E-state index is 15.5. The molecule has 0 bridgehead atoms. The van der Waals surface area contributed by atoms with E-state index in [9.17, 15) is 10.1 Å². The number of nitrogen functional groups attached to an aromatic ring is 1. The zero-order valence-electron chi connectivity index (χ0n) is 22.3. The number of piperidine rings is 1. The monoisotopic (exact) mass is 552 g/mol. The number of halogens is 1. The first-order valence-electron chi connectivity index (χ1n) is 13.7. The summed E-state index contributed by atoms with van der Waals surface area (Å²) in [6.07, 6.45) is 6.45. The van der Waals surface area contributed by atoms with Gasteiger partial charge < -0.3 is 20.7 Å². The van der Waals surface area contributed by atoms with Crippen LogP contribution < -0.4 is 15.8 Å². The summed E-state index contributed by atoms with van der Waals surface area (Å²) < 4.78 is 23.0. The molecule has 2 fully saturated rings. The first-order valence-corrected chi connectivity index (χ1v) is 13.7. The molecule has 2 aromatic carbocycles. The van der Waals surface area contributed by atoms with E-state index in [-0.39, 0.29) is 34.9 Å². The molecule has 41 heavy (non-hydrogen) atoms. The van der Waals surface area contributed by atoms with Crippen molar-refractivity contribution in [1.29, 1.82) is 5.26 Å². The molecule has 2 atom stereocenters. The molecule has 6 rings (SSSR count). The van der Waals surface area contributed by atoms with E-state index in [0.717, 1.165) is 25.8 Å². The Kier molecular flexibility index (Phi) is 7.31. The summed E-state index contributed by atoms with van der Waals surface area (Å²) in [5.41, 5.74) is 7.42. The van der Waals surface area contributed by atoms with Crippen LogP contribution in [0.3, 0.4) is 0 Å². The van der Waals surface area contributed by atoms with E-state index in [0.29, 0.717) is 47.7 Å². The van der Waals surface area contributed by atoms with E-state index in [2.05, 4.69) is 21.4 Å². The normalized spacial score (nSPS) is 19.3. The molecule has 11 heteroatoms. The smallest absolute Gasteiger partial charge is 0.264 e. The lowest BCUT2D eigenvalue weighted by atomic mass is 10.0. The number of aromatic nitrogens is 4. The van der Waals surface area contributed by atoms with Gasteiger partial charge in [0.05, 0.1) is 11.4 Å². The van der Waals surface area contributed by atoms with E-state index in [1.807, 2.05) is 18.2 Å². The number of rotatable bonds is 6. The van der Waals surface area contributed by atoms with Gasteiger partial charge >= 0.3 is 0 Å². The molecule has 0 spiro atoms. The number of benzene rings is 2. The largest absolute Gasteiger partial charge is 0.457 e. The summed E-state index contributed by atoms with van der Waals surface area (Å²) in [5.74, 6) is 0.302. The number of hydrogen-bond donors (Lipinski definition) is 2. The van der Waals surface area contributed by atoms with E-state index in [4.69, 9.17) is 15.6 Å². The Morgan fingerprint density at radius 1 is 1.15 bits per heavy atom. The van der Waals surface area contributed by atoms with Gasteiger partial charge in [0.15, 0.2) is 5.65 Å². The first kappa shape index (κ1) is 26.4. The predicted octanol–water partition coefficient (Wildman–Crippen LogP) is 4.37. The van der Waals surface area contributed by atoms with Crippen LogP contribution in [0.2, 0.25) is 0 Å². The summed E-state index contributed by atoms with van der Waals surface area (Å²) in [6, 6.07) is 15.6. The van der Waals surface area contributed by atoms with Gasteiger partial charge in [-0.1, -0.05) is 18.2 Å². The molecule has 2 saturated heterocycles. The third-order valence-electron chi connectivity index (χ3n) is 7.54. The zero-order valence-corrected chi connectivity index (χ0v) is 22.3. The van der Waals surface area contributed by atoms with E-state index >= 15 is 4.39 Å². The lowest BCUT2D eigenvalue weighted by Crippen LogP contribution is -2.41. The van der Waals surface area contributed by atoms with Crippen molar-refractivity contribution in [3.05, 3.63) is 72.3 Å². The van der Waals surface area contributed by atoms with Crippen molar-refractivity contribution >= 4 is 22.8 Å². The number of carbonyl (C=O) groups is 1. The van der Waals surface area contributed by atoms with Gasteiger partial charge in [0.2, 0.25) is 0 Å². The van der Waals surface area contributed by atoms with Gasteiger partial charge in [-0.25, -0.2) is 19.0 Å². The molecule has 0 saturated carbocycles. The van der Waals surface area contributed by atoms with Crippen molar-refractivity contribution in [2.45, 2.75) is 37.8 Å². The van der Waals surface area contributed by atoms with Crippen LogP contribution in [-0.2, 0) is 4.79 Å². The second kappa shape index (κ2) is 11.3. The molecule has 10 nitrogen and oxygen atoms in total. The average molecular weight is 553 g/mol. The Morgan fingerprint density at radius 3 is 2.76 bits per heavy atom. The Balaban J connectivity index is 1.31. The Hall–Kier alpha value is -4.82. The second-order valence-corrected chi connectivity index (χ2v) is 10.2. The molecular formula is C30H29FN8O2. The molecule has 208 valence electrons. The van der Waals surface area contributed by atoms with Crippen LogP contribution in [0.5, 0.6) is 11.5 Å². The molecule has 1 amide bonds. The molecule has 2 aromatic heterocycles. The molecule has 3 N–H and O–H groups in total. The summed E-state index contributed by atoms with van der Waals surface area (Å²) >= 11 is 0. The number of nitrogens with zero attached hydrogens (tertiary/aromatic N) is 6. The highest BCUT2D eigenvalue weighted by Gasteiger charge is 2.31. The van der Waals surface area contributed by atoms with Crippen LogP contribution in [0.25, 0.3) is 22.3 Å². The van der Waals surface area contributed by atoms with Gasteiger partial charge in [-0.2, -0.15) is 10.4 Å². The number of carbonyl (C=O) groups excluding carboxylic acids is 1. The van der Waals surface area contributed by atoms with Crippen molar-refractivity contribution < 1.29 is 13.9 Å². The van der Waals surface area contributed by atoms with Crippen molar-refractivity contribution in [3.63, 3.8) is 0 Å². The van der Waals surface area contributed by atoms with E-state index in [1.54, 1.807) is 39.9 Å². The van der Waals surface area contributed by atoms with Crippen LogP contribution in [0, 0.1) is 17.1 Å².